The highest BCUT2D eigenvalue weighted by Gasteiger charge is 2.23. The van der Waals surface area contributed by atoms with Gasteiger partial charge in [0, 0.05) is 45.5 Å². The molecule has 0 radical (unpaired) electrons. The second kappa shape index (κ2) is 9.28. The summed E-state index contributed by atoms with van der Waals surface area (Å²) in [5, 5.41) is 5.48. The van der Waals surface area contributed by atoms with Crippen LogP contribution in [0.4, 0.5) is 0 Å². The van der Waals surface area contributed by atoms with Gasteiger partial charge in [0.2, 0.25) is 5.78 Å². The van der Waals surface area contributed by atoms with Crippen LogP contribution in [0.5, 0.6) is 5.75 Å². The first-order valence-corrected chi connectivity index (χ1v) is 12.1. The molecule has 3 heterocycles. The van der Waals surface area contributed by atoms with E-state index in [-0.39, 0.29) is 23.1 Å². The third-order valence-electron chi connectivity index (χ3n) is 6.61. The van der Waals surface area contributed by atoms with Gasteiger partial charge in [-0.1, -0.05) is 48.5 Å². The van der Waals surface area contributed by atoms with Crippen molar-refractivity contribution >= 4 is 44.4 Å². The summed E-state index contributed by atoms with van der Waals surface area (Å²) in [4.78, 5) is 38.1. The molecule has 0 saturated carbocycles. The highest BCUT2D eigenvalue weighted by atomic mass is 16.5. The molecule has 0 aliphatic rings. The number of para-hydroxylation sites is 2. The zero-order valence-corrected chi connectivity index (χ0v) is 20.2. The lowest BCUT2D eigenvalue weighted by molar-refractivity contribution is 0.0949. The molecule has 7 nitrogen and oxygen atoms in total. The largest absolute Gasteiger partial charge is 0.497 e. The molecule has 0 fully saturated rings. The quantitative estimate of drug-likeness (QED) is 0.262. The SMILES string of the molecule is COc1cccc(CCNC(=O)c2cc3c([nH]c4ccccc43)c(C(=O)c3c[nH]c4ccccc34)n2)c1. The fraction of sp³-hybridized carbons (Fsp3) is 0.100. The highest BCUT2D eigenvalue weighted by molar-refractivity contribution is 6.23. The summed E-state index contributed by atoms with van der Waals surface area (Å²) in [5.41, 5.74) is 4.34. The fourth-order valence-electron chi connectivity index (χ4n) is 4.75. The van der Waals surface area contributed by atoms with Gasteiger partial charge in [-0.25, -0.2) is 4.98 Å². The molecule has 6 aromatic rings. The first kappa shape index (κ1) is 22.5. The first-order chi connectivity index (χ1) is 18.1. The van der Waals surface area contributed by atoms with E-state index < -0.39 is 0 Å². The van der Waals surface area contributed by atoms with E-state index in [0.29, 0.717) is 24.0 Å². The number of nitrogens with zero attached hydrogens (tertiary/aromatic N) is 1. The van der Waals surface area contributed by atoms with Crippen molar-refractivity contribution in [3.05, 3.63) is 108 Å². The number of fused-ring (bicyclic) bond motifs is 4. The van der Waals surface area contributed by atoms with Crippen LogP contribution in [0, 0.1) is 0 Å². The number of aromatic amines is 2. The maximum Gasteiger partial charge on any atom is 0.269 e. The second-order valence-electron chi connectivity index (χ2n) is 8.88. The van der Waals surface area contributed by atoms with Crippen molar-refractivity contribution < 1.29 is 14.3 Å². The Labute approximate surface area is 212 Å². The van der Waals surface area contributed by atoms with Gasteiger partial charge in [-0.2, -0.15) is 0 Å². The Hall–Kier alpha value is -4.91. The number of nitrogens with one attached hydrogen (secondary N) is 3. The molecule has 0 unspecified atom stereocenters. The van der Waals surface area contributed by atoms with Gasteiger partial charge in [0.25, 0.3) is 5.91 Å². The number of ether oxygens (including phenoxy) is 1. The summed E-state index contributed by atoms with van der Waals surface area (Å²) < 4.78 is 5.28. The van der Waals surface area contributed by atoms with Gasteiger partial charge in [0.1, 0.15) is 17.1 Å². The van der Waals surface area contributed by atoms with Crippen LogP contribution in [0.25, 0.3) is 32.7 Å². The molecule has 182 valence electrons. The normalized spacial score (nSPS) is 11.3. The topological polar surface area (TPSA) is 99.9 Å². The molecular formula is C30H24N4O3. The van der Waals surface area contributed by atoms with Crippen LogP contribution in [0.15, 0.2) is 85.1 Å². The van der Waals surface area contributed by atoms with Gasteiger partial charge < -0.3 is 20.0 Å². The number of pyridine rings is 1. The Morgan fingerprint density at radius 2 is 1.68 bits per heavy atom. The second-order valence-corrected chi connectivity index (χ2v) is 8.88. The molecule has 3 N–H and O–H groups in total. The van der Waals surface area contributed by atoms with Gasteiger partial charge in [-0.3, -0.25) is 9.59 Å². The molecule has 1 amide bonds. The number of methoxy groups -OCH3 is 1. The van der Waals surface area contributed by atoms with Gasteiger partial charge in [-0.05, 0) is 42.3 Å². The minimum Gasteiger partial charge on any atom is -0.497 e. The standard InChI is InChI=1S/C30H24N4O3/c1-37-19-8-6-7-18(15-19)13-14-31-30(36)26-16-22-20-9-3-5-12-25(20)33-27(22)28(34-26)29(35)23-17-32-24-11-4-2-10-21(23)24/h2-12,15-17,32-33H,13-14H2,1H3,(H,31,36). The van der Waals surface area contributed by atoms with E-state index in [0.717, 1.165) is 38.5 Å². The van der Waals surface area contributed by atoms with E-state index in [4.69, 9.17) is 4.74 Å². The summed E-state index contributed by atoms with van der Waals surface area (Å²) >= 11 is 0. The van der Waals surface area contributed by atoms with E-state index in [9.17, 15) is 9.59 Å². The van der Waals surface area contributed by atoms with Crippen LogP contribution in [-0.2, 0) is 6.42 Å². The Bertz CT molecular complexity index is 1800. The summed E-state index contributed by atoms with van der Waals surface area (Å²) in [6.07, 6.45) is 2.34. The highest BCUT2D eigenvalue weighted by Crippen LogP contribution is 2.30. The summed E-state index contributed by atoms with van der Waals surface area (Å²) in [5.74, 6) is 0.193. The molecule has 0 atom stereocenters. The molecule has 3 aromatic heterocycles. The number of H-pyrrole nitrogens is 2. The zero-order valence-electron chi connectivity index (χ0n) is 20.2. The number of carbonyl (C=O) groups excluding carboxylic acids is 2. The van der Waals surface area contributed by atoms with Crippen LogP contribution >= 0.6 is 0 Å². The van der Waals surface area contributed by atoms with Crippen molar-refractivity contribution in [2.75, 3.05) is 13.7 Å². The monoisotopic (exact) mass is 488 g/mol. The molecule has 0 aliphatic carbocycles. The Kier molecular flexibility index (Phi) is 5.65. The Morgan fingerprint density at radius 1 is 0.892 bits per heavy atom. The first-order valence-electron chi connectivity index (χ1n) is 12.1. The number of rotatable bonds is 7. The van der Waals surface area contributed by atoms with E-state index in [2.05, 4.69) is 20.3 Å². The molecule has 0 saturated heterocycles. The third kappa shape index (κ3) is 4.10. The minimum absolute atomic E-state index is 0.200. The molecule has 6 rings (SSSR count). The minimum atomic E-state index is -0.331. The van der Waals surface area contributed by atoms with Crippen LogP contribution in [0.1, 0.15) is 32.1 Å². The number of carbonyl (C=O) groups is 2. The summed E-state index contributed by atoms with van der Waals surface area (Å²) in [6.45, 7) is 0.422. The predicted molar refractivity (Wildman–Crippen MR) is 144 cm³/mol. The van der Waals surface area contributed by atoms with Crippen molar-refractivity contribution in [1.29, 1.82) is 0 Å². The lowest BCUT2D eigenvalue weighted by Crippen LogP contribution is -2.27. The smallest absolute Gasteiger partial charge is 0.269 e. The summed E-state index contributed by atoms with van der Waals surface area (Å²) in [6, 6.07) is 24.9. The molecule has 7 heteroatoms. The molecule has 0 spiro atoms. The maximum atomic E-state index is 13.8. The van der Waals surface area contributed by atoms with Crippen molar-refractivity contribution in [3.8, 4) is 5.75 Å². The molecule has 0 bridgehead atoms. The fourth-order valence-corrected chi connectivity index (χ4v) is 4.75. The van der Waals surface area contributed by atoms with Crippen LogP contribution in [0.2, 0.25) is 0 Å². The van der Waals surface area contributed by atoms with E-state index in [1.807, 2.05) is 72.8 Å². The number of hydrogen-bond acceptors (Lipinski definition) is 4. The van der Waals surface area contributed by atoms with E-state index in [1.54, 1.807) is 19.4 Å². The molecule has 3 aromatic carbocycles. The lowest BCUT2D eigenvalue weighted by Gasteiger charge is -2.09. The Morgan fingerprint density at radius 3 is 2.51 bits per heavy atom. The number of amides is 1. The molecule has 0 aliphatic heterocycles. The van der Waals surface area contributed by atoms with Gasteiger partial charge in [0.15, 0.2) is 0 Å². The van der Waals surface area contributed by atoms with Crippen LogP contribution in [0.3, 0.4) is 0 Å². The van der Waals surface area contributed by atoms with E-state index >= 15 is 0 Å². The lowest BCUT2D eigenvalue weighted by atomic mass is 10.0. The average Bonchev–Trinajstić information content (AvgIpc) is 3.54. The average molecular weight is 489 g/mol. The van der Waals surface area contributed by atoms with Crippen LogP contribution in [-0.4, -0.2) is 40.3 Å². The van der Waals surface area contributed by atoms with Crippen molar-refractivity contribution in [2.24, 2.45) is 0 Å². The van der Waals surface area contributed by atoms with Gasteiger partial charge >= 0.3 is 0 Å². The number of aromatic nitrogens is 3. The predicted octanol–water partition coefficient (Wildman–Crippen LogP) is 5.41. The third-order valence-corrected chi connectivity index (χ3v) is 6.61. The number of hydrogen-bond donors (Lipinski definition) is 3. The van der Waals surface area contributed by atoms with Crippen LogP contribution < -0.4 is 10.1 Å². The molecule has 37 heavy (non-hydrogen) atoms. The van der Waals surface area contributed by atoms with E-state index in [1.165, 1.54) is 0 Å². The zero-order chi connectivity index (χ0) is 25.4. The number of benzene rings is 3. The van der Waals surface area contributed by atoms with Gasteiger partial charge in [-0.15, -0.1) is 0 Å². The number of ketones is 1. The molecular weight excluding hydrogens is 464 g/mol. The Balaban J connectivity index is 1.37. The van der Waals surface area contributed by atoms with Crippen molar-refractivity contribution in [2.45, 2.75) is 6.42 Å². The van der Waals surface area contributed by atoms with Crippen molar-refractivity contribution in [1.82, 2.24) is 20.3 Å². The summed E-state index contributed by atoms with van der Waals surface area (Å²) in [7, 11) is 1.63. The van der Waals surface area contributed by atoms with Gasteiger partial charge in [0.05, 0.1) is 12.6 Å². The van der Waals surface area contributed by atoms with Crippen molar-refractivity contribution in [3.63, 3.8) is 0 Å². The maximum absolute atomic E-state index is 13.8.